The second-order valence-corrected chi connectivity index (χ2v) is 5.99. The fourth-order valence-electron chi connectivity index (χ4n) is 2.36. The van der Waals surface area contributed by atoms with Crippen LogP contribution in [0.25, 0.3) is 22.0 Å². The van der Waals surface area contributed by atoms with Crippen LogP contribution in [0, 0.1) is 0 Å². The molecule has 0 aliphatic carbocycles. The molecular formula is C16H17N3O. The van der Waals surface area contributed by atoms with Gasteiger partial charge >= 0.3 is 0 Å². The predicted molar refractivity (Wildman–Crippen MR) is 80.4 cm³/mol. The molecule has 0 fully saturated rings. The highest BCUT2D eigenvalue weighted by molar-refractivity contribution is 5.89. The fraction of sp³-hybridized carbons (Fsp3) is 0.250. The minimum atomic E-state index is 0.0619. The van der Waals surface area contributed by atoms with Crippen molar-refractivity contribution in [2.75, 3.05) is 5.73 Å². The Kier molecular flexibility index (Phi) is 2.74. The number of aromatic nitrogens is 2. The number of fused-ring (bicyclic) bond motifs is 1. The van der Waals surface area contributed by atoms with E-state index >= 15 is 0 Å². The lowest BCUT2D eigenvalue weighted by Crippen LogP contribution is -2.12. The molecule has 2 aromatic heterocycles. The van der Waals surface area contributed by atoms with Gasteiger partial charge in [0, 0.05) is 29.4 Å². The zero-order valence-corrected chi connectivity index (χ0v) is 11.8. The van der Waals surface area contributed by atoms with Gasteiger partial charge in [-0.3, -0.25) is 4.98 Å². The Morgan fingerprint density at radius 2 is 1.90 bits per heavy atom. The third-order valence-corrected chi connectivity index (χ3v) is 3.39. The van der Waals surface area contributed by atoms with Gasteiger partial charge in [0.2, 0.25) is 5.88 Å². The van der Waals surface area contributed by atoms with Crippen LogP contribution < -0.4 is 5.73 Å². The van der Waals surface area contributed by atoms with Crippen molar-refractivity contribution < 1.29 is 4.52 Å². The number of benzene rings is 1. The largest absolute Gasteiger partial charge is 0.368 e. The Bertz CT molecular complexity index is 769. The molecule has 0 aliphatic heterocycles. The first-order chi connectivity index (χ1) is 9.45. The van der Waals surface area contributed by atoms with Crippen LogP contribution in [-0.4, -0.2) is 10.1 Å². The van der Waals surface area contributed by atoms with E-state index in [2.05, 4.69) is 43.0 Å². The molecule has 0 amide bonds. The molecule has 0 saturated heterocycles. The summed E-state index contributed by atoms with van der Waals surface area (Å²) in [5.41, 5.74) is 8.59. The average molecular weight is 267 g/mol. The van der Waals surface area contributed by atoms with E-state index in [0.717, 1.165) is 16.6 Å². The van der Waals surface area contributed by atoms with E-state index in [9.17, 15) is 0 Å². The lowest BCUT2D eigenvalue weighted by atomic mass is 9.85. The molecule has 1 aromatic carbocycles. The molecule has 3 rings (SSSR count). The first-order valence-electron chi connectivity index (χ1n) is 6.56. The van der Waals surface area contributed by atoms with Gasteiger partial charge < -0.3 is 10.3 Å². The summed E-state index contributed by atoms with van der Waals surface area (Å²) in [6.07, 6.45) is 3.81. The SMILES string of the molecule is CC(C)(C)c1cncc2cc(-c3cc(N)on3)ccc12. The molecule has 4 heteroatoms. The summed E-state index contributed by atoms with van der Waals surface area (Å²) in [7, 11) is 0. The second-order valence-electron chi connectivity index (χ2n) is 5.99. The Balaban J connectivity index is 2.18. The first kappa shape index (κ1) is 12.7. The van der Waals surface area contributed by atoms with Crippen molar-refractivity contribution in [3.05, 3.63) is 42.2 Å². The Hall–Kier alpha value is -2.36. The van der Waals surface area contributed by atoms with Gasteiger partial charge in [0.25, 0.3) is 0 Å². The summed E-state index contributed by atoms with van der Waals surface area (Å²) in [5.74, 6) is 0.321. The van der Waals surface area contributed by atoms with Crippen LogP contribution >= 0.6 is 0 Å². The molecular weight excluding hydrogens is 250 g/mol. The van der Waals surface area contributed by atoms with E-state index in [1.807, 2.05) is 18.5 Å². The molecule has 0 saturated carbocycles. The van der Waals surface area contributed by atoms with Crippen molar-refractivity contribution in [3.8, 4) is 11.3 Å². The van der Waals surface area contributed by atoms with Gasteiger partial charge in [-0.1, -0.05) is 38.1 Å². The highest BCUT2D eigenvalue weighted by atomic mass is 16.5. The van der Waals surface area contributed by atoms with E-state index in [1.54, 1.807) is 6.07 Å². The van der Waals surface area contributed by atoms with Gasteiger partial charge in [0.05, 0.1) is 0 Å². The summed E-state index contributed by atoms with van der Waals surface area (Å²) in [5, 5.41) is 6.25. The van der Waals surface area contributed by atoms with Crippen molar-refractivity contribution in [2.45, 2.75) is 26.2 Å². The van der Waals surface area contributed by atoms with Crippen LogP contribution in [0.15, 0.2) is 41.2 Å². The number of pyridine rings is 1. The van der Waals surface area contributed by atoms with Crippen LogP contribution in [0.3, 0.4) is 0 Å². The minimum absolute atomic E-state index is 0.0619. The van der Waals surface area contributed by atoms with Crippen molar-refractivity contribution in [2.24, 2.45) is 0 Å². The Labute approximate surface area is 117 Å². The highest BCUT2D eigenvalue weighted by Gasteiger charge is 2.17. The predicted octanol–water partition coefficient (Wildman–Crippen LogP) is 3.77. The molecule has 0 atom stereocenters. The molecule has 0 aliphatic rings. The van der Waals surface area contributed by atoms with Gasteiger partial charge in [-0.05, 0) is 22.4 Å². The van der Waals surface area contributed by atoms with Crippen LogP contribution in [0.1, 0.15) is 26.3 Å². The van der Waals surface area contributed by atoms with E-state index in [-0.39, 0.29) is 5.41 Å². The molecule has 0 spiro atoms. The number of nitrogens with zero attached hydrogens (tertiary/aromatic N) is 2. The van der Waals surface area contributed by atoms with Crippen LogP contribution in [0.5, 0.6) is 0 Å². The summed E-state index contributed by atoms with van der Waals surface area (Å²) in [6, 6.07) is 7.93. The first-order valence-corrected chi connectivity index (χ1v) is 6.56. The molecule has 2 heterocycles. The molecule has 4 nitrogen and oxygen atoms in total. The number of rotatable bonds is 1. The lowest BCUT2D eigenvalue weighted by molar-refractivity contribution is 0.439. The van der Waals surface area contributed by atoms with E-state index in [4.69, 9.17) is 10.3 Å². The topological polar surface area (TPSA) is 64.9 Å². The molecule has 102 valence electrons. The highest BCUT2D eigenvalue weighted by Crippen LogP contribution is 2.31. The fourth-order valence-corrected chi connectivity index (χ4v) is 2.36. The Morgan fingerprint density at radius 3 is 2.55 bits per heavy atom. The molecule has 3 aromatic rings. The maximum absolute atomic E-state index is 5.57. The van der Waals surface area contributed by atoms with E-state index in [0.29, 0.717) is 5.88 Å². The third kappa shape index (κ3) is 2.13. The average Bonchev–Trinajstić information content (AvgIpc) is 2.83. The lowest BCUT2D eigenvalue weighted by Gasteiger charge is -2.20. The quantitative estimate of drug-likeness (QED) is 0.729. The van der Waals surface area contributed by atoms with Crippen molar-refractivity contribution in [3.63, 3.8) is 0 Å². The number of anilines is 1. The van der Waals surface area contributed by atoms with Crippen LogP contribution in [-0.2, 0) is 5.41 Å². The monoisotopic (exact) mass is 267 g/mol. The summed E-state index contributed by atoms with van der Waals surface area (Å²) < 4.78 is 4.92. The smallest absolute Gasteiger partial charge is 0.222 e. The van der Waals surface area contributed by atoms with Gasteiger partial charge in [-0.25, -0.2) is 0 Å². The standard InChI is InChI=1S/C16H17N3O/c1-16(2,3)13-9-18-8-11-6-10(4-5-12(11)13)14-7-15(17)20-19-14/h4-9H,17H2,1-3H3. The summed E-state index contributed by atoms with van der Waals surface area (Å²) in [6.45, 7) is 6.57. The van der Waals surface area contributed by atoms with E-state index in [1.165, 1.54) is 10.9 Å². The van der Waals surface area contributed by atoms with Crippen molar-refractivity contribution >= 4 is 16.7 Å². The van der Waals surface area contributed by atoms with Crippen LogP contribution in [0.4, 0.5) is 5.88 Å². The molecule has 0 unspecified atom stereocenters. The molecule has 0 bridgehead atoms. The second kappa shape index (κ2) is 4.34. The number of hydrogen-bond acceptors (Lipinski definition) is 4. The maximum Gasteiger partial charge on any atom is 0.222 e. The minimum Gasteiger partial charge on any atom is -0.368 e. The van der Waals surface area contributed by atoms with E-state index < -0.39 is 0 Å². The number of nitrogens with two attached hydrogens (primary N) is 1. The number of nitrogen functional groups attached to an aromatic ring is 1. The van der Waals surface area contributed by atoms with Crippen LogP contribution in [0.2, 0.25) is 0 Å². The van der Waals surface area contributed by atoms with Gasteiger partial charge in [0.15, 0.2) is 0 Å². The Morgan fingerprint density at radius 1 is 1.10 bits per heavy atom. The molecule has 0 radical (unpaired) electrons. The van der Waals surface area contributed by atoms with Gasteiger partial charge in [-0.2, -0.15) is 0 Å². The zero-order valence-electron chi connectivity index (χ0n) is 11.8. The maximum atomic E-state index is 5.57. The summed E-state index contributed by atoms with van der Waals surface area (Å²) in [4.78, 5) is 4.35. The normalized spacial score (nSPS) is 11.9. The van der Waals surface area contributed by atoms with Gasteiger partial charge in [0.1, 0.15) is 5.69 Å². The summed E-state index contributed by atoms with van der Waals surface area (Å²) >= 11 is 0. The zero-order chi connectivity index (χ0) is 14.3. The number of hydrogen-bond donors (Lipinski definition) is 1. The molecule has 20 heavy (non-hydrogen) atoms. The molecule has 2 N–H and O–H groups in total. The van der Waals surface area contributed by atoms with Crippen molar-refractivity contribution in [1.29, 1.82) is 0 Å². The third-order valence-electron chi connectivity index (χ3n) is 3.39. The van der Waals surface area contributed by atoms with Gasteiger partial charge in [-0.15, -0.1) is 0 Å². The van der Waals surface area contributed by atoms with Crippen molar-refractivity contribution in [1.82, 2.24) is 10.1 Å².